The minimum Gasteiger partial charge on any atom is -0.337 e. The van der Waals surface area contributed by atoms with E-state index < -0.39 is 0 Å². The maximum Gasteiger partial charge on any atom is 0.249 e. The monoisotopic (exact) mass is 348 g/mol. The standard InChI is InChI=1S/C18H13ClN6/c19-13-7-1-2-8-14(13)23-18-24-16(11-21-25-18)22-15-9-3-5-12-6-4-10-20-17(12)15/h1-11H,(H2,22,23,24,25). The third kappa shape index (κ3) is 3.34. The van der Waals surface area contributed by atoms with E-state index in [0.717, 1.165) is 22.3 Å². The molecule has 2 N–H and O–H groups in total. The van der Waals surface area contributed by atoms with Gasteiger partial charge in [-0.05, 0) is 24.3 Å². The summed E-state index contributed by atoms with van der Waals surface area (Å²) in [6.07, 6.45) is 3.32. The Labute approximate surface area is 148 Å². The summed E-state index contributed by atoms with van der Waals surface area (Å²) < 4.78 is 0. The Hall–Kier alpha value is -3.25. The SMILES string of the molecule is Clc1ccccc1Nc1nncc(Nc2cccc3cccnc23)n1. The number of pyridine rings is 1. The van der Waals surface area contributed by atoms with Gasteiger partial charge in [0.2, 0.25) is 5.95 Å². The van der Waals surface area contributed by atoms with Crippen molar-refractivity contribution >= 4 is 45.6 Å². The first-order chi connectivity index (χ1) is 12.3. The predicted octanol–water partition coefficient (Wildman–Crippen LogP) is 4.56. The molecule has 0 amide bonds. The van der Waals surface area contributed by atoms with Gasteiger partial charge in [-0.25, -0.2) is 0 Å². The number of hydrogen-bond donors (Lipinski definition) is 2. The van der Waals surface area contributed by atoms with E-state index in [1.54, 1.807) is 18.5 Å². The van der Waals surface area contributed by atoms with Crippen LogP contribution in [0.3, 0.4) is 0 Å². The number of rotatable bonds is 4. The first-order valence-electron chi connectivity index (χ1n) is 7.62. The van der Waals surface area contributed by atoms with E-state index in [9.17, 15) is 0 Å². The summed E-state index contributed by atoms with van der Waals surface area (Å²) in [6, 6.07) is 17.2. The third-order valence-electron chi connectivity index (χ3n) is 3.57. The highest BCUT2D eigenvalue weighted by atomic mass is 35.5. The van der Waals surface area contributed by atoms with Crippen LogP contribution >= 0.6 is 11.6 Å². The molecule has 2 heterocycles. The van der Waals surface area contributed by atoms with Gasteiger partial charge in [-0.1, -0.05) is 41.9 Å². The van der Waals surface area contributed by atoms with Crippen molar-refractivity contribution in [3.8, 4) is 0 Å². The second kappa shape index (κ2) is 6.70. The number of aromatic nitrogens is 4. The lowest BCUT2D eigenvalue weighted by Crippen LogP contribution is -2.03. The molecule has 4 rings (SSSR count). The molecule has 0 atom stereocenters. The van der Waals surface area contributed by atoms with Gasteiger partial charge in [0.15, 0.2) is 5.82 Å². The van der Waals surface area contributed by atoms with Gasteiger partial charge in [-0.15, -0.1) is 5.10 Å². The average molecular weight is 349 g/mol. The Balaban J connectivity index is 1.62. The lowest BCUT2D eigenvalue weighted by atomic mass is 10.2. The fourth-order valence-electron chi connectivity index (χ4n) is 2.44. The minimum absolute atomic E-state index is 0.353. The van der Waals surface area contributed by atoms with Crippen molar-refractivity contribution in [1.82, 2.24) is 20.2 Å². The third-order valence-corrected chi connectivity index (χ3v) is 3.90. The number of halogens is 1. The maximum atomic E-state index is 6.15. The summed E-state index contributed by atoms with van der Waals surface area (Å²) in [5.41, 5.74) is 2.43. The van der Waals surface area contributed by atoms with Crippen LogP contribution in [0, 0.1) is 0 Å². The van der Waals surface area contributed by atoms with E-state index in [-0.39, 0.29) is 0 Å². The van der Waals surface area contributed by atoms with Crippen LogP contribution in [0.15, 0.2) is 67.0 Å². The molecule has 0 spiro atoms. The van der Waals surface area contributed by atoms with Crippen LogP contribution in [-0.4, -0.2) is 20.2 Å². The van der Waals surface area contributed by atoms with Gasteiger partial charge in [0.25, 0.3) is 0 Å². The number of benzene rings is 2. The highest BCUT2D eigenvalue weighted by Crippen LogP contribution is 2.25. The number of nitrogens with one attached hydrogen (secondary N) is 2. The quantitative estimate of drug-likeness (QED) is 0.563. The molecule has 0 aliphatic carbocycles. The second-order valence-corrected chi connectivity index (χ2v) is 5.68. The summed E-state index contributed by atoms with van der Waals surface area (Å²) in [6.45, 7) is 0. The van der Waals surface area contributed by atoms with E-state index in [2.05, 4.69) is 30.8 Å². The van der Waals surface area contributed by atoms with Crippen molar-refractivity contribution in [2.75, 3.05) is 10.6 Å². The Morgan fingerprint density at radius 1 is 0.840 bits per heavy atom. The summed E-state index contributed by atoms with van der Waals surface area (Å²) in [5, 5.41) is 15.9. The minimum atomic E-state index is 0.353. The molecule has 0 saturated heterocycles. The number of fused-ring (bicyclic) bond motifs is 1. The molecule has 122 valence electrons. The number of hydrogen-bond acceptors (Lipinski definition) is 6. The molecular weight excluding hydrogens is 336 g/mol. The molecule has 4 aromatic rings. The predicted molar refractivity (Wildman–Crippen MR) is 99.6 cm³/mol. The molecule has 0 fully saturated rings. The van der Waals surface area contributed by atoms with Crippen LogP contribution in [0.1, 0.15) is 0 Å². The van der Waals surface area contributed by atoms with Crippen LogP contribution in [0.5, 0.6) is 0 Å². The smallest absolute Gasteiger partial charge is 0.249 e. The highest BCUT2D eigenvalue weighted by Gasteiger charge is 2.06. The zero-order valence-electron chi connectivity index (χ0n) is 13.0. The largest absolute Gasteiger partial charge is 0.337 e. The molecule has 0 radical (unpaired) electrons. The van der Waals surface area contributed by atoms with Gasteiger partial charge in [-0.3, -0.25) is 4.98 Å². The lowest BCUT2D eigenvalue weighted by molar-refractivity contribution is 0.982. The molecule has 0 bridgehead atoms. The van der Waals surface area contributed by atoms with E-state index in [4.69, 9.17) is 11.6 Å². The van der Waals surface area contributed by atoms with Crippen LogP contribution < -0.4 is 10.6 Å². The average Bonchev–Trinajstić information content (AvgIpc) is 2.64. The van der Waals surface area contributed by atoms with Crippen LogP contribution in [-0.2, 0) is 0 Å². The van der Waals surface area contributed by atoms with E-state index >= 15 is 0 Å². The van der Waals surface area contributed by atoms with Gasteiger partial charge >= 0.3 is 0 Å². The number of para-hydroxylation sites is 2. The molecule has 6 nitrogen and oxygen atoms in total. The fraction of sp³-hybridized carbons (Fsp3) is 0. The van der Waals surface area contributed by atoms with Crippen LogP contribution in [0.4, 0.5) is 23.1 Å². The van der Waals surface area contributed by atoms with Crippen molar-refractivity contribution in [3.05, 3.63) is 72.0 Å². The van der Waals surface area contributed by atoms with Crippen LogP contribution in [0.25, 0.3) is 10.9 Å². The number of nitrogens with zero attached hydrogens (tertiary/aromatic N) is 4. The van der Waals surface area contributed by atoms with Gasteiger partial charge in [-0.2, -0.15) is 10.1 Å². The summed E-state index contributed by atoms with van der Waals surface area (Å²) in [7, 11) is 0. The molecule has 25 heavy (non-hydrogen) atoms. The van der Waals surface area contributed by atoms with E-state index in [1.807, 2.05) is 48.5 Å². The lowest BCUT2D eigenvalue weighted by Gasteiger charge is -2.10. The Morgan fingerprint density at radius 2 is 1.68 bits per heavy atom. The first kappa shape index (κ1) is 15.3. The zero-order chi connectivity index (χ0) is 17.1. The van der Waals surface area contributed by atoms with Crippen molar-refractivity contribution < 1.29 is 0 Å². The van der Waals surface area contributed by atoms with Gasteiger partial charge in [0, 0.05) is 11.6 Å². The van der Waals surface area contributed by atoms with Crippen molar-refractivity contribution in [1.29, 1.82) is 0 Å². The summed E-state index contributed by atoms with van der Waals surface area (Å²) in [5.74, 6) is 0.911. The molecular formula is C18H13ClN6. The van der Waals surface area contributed by atoms with Gasteiger partial charge in [0.05, 0.1) is 28.1 Å². The summed E-state index contributed by atoms with van der Waals surface area (Å²) in [4.78, 5) is 8.85. The molecule has 2 aromatic heterocycles. The topological polar surface area (TPSA) is 75.6 Å². The molecule has 0 aliphatic heterocycles. The maximum absolute atomic E-state index is 6.15. The normalized spacial score (nSPS) is 10.6. The second-order valence-electron chi connectivity index (χ2n) is 5.28. The fourth-order valence-corrected chi connectivity index (χ4v) is 2.63. The van der Waals surface area contributed by atoms with Crippen LogP contribution in [0.2, 0.25) is 5.02 Å². The van der Waals surface area contributed by atoms with E-state index in [1.165, 1.54) is 0 Å². The van der Waals surface area contributed by atoms with Crippen molar-refractivity contribution in [2.45, 2.75) is 0 Å². The molecule has 7 heteroatoms. The number of anilines is 4. The van der Waals surface area contributed by atoms with Crippen molar-refractivity contribution in [2.24, 2.45) is 0 Å². The Bertz CT molecular complexity index is 1030. The van der Waals surface area contributed by atoms with Crippen molar-refractivity contribution in [3.63, 3.8) is 0 Å². The van der Waals surface area contributed by atoms with E-state index in [0.29, 0.717) is 16.8 Å². The summed E-state index contributed by atoms with van der Waals surface area (Å²) >= 11 is 6.15. The zero-order valence-corrected chi connectivity index (χ0v) is 13.8. The molecule has 0 aliphatic rings. The van der Waals surface area contributed by atoms with Gasteiger partial charge in [0.1, 0.15) is 0 Å². The molecule has 0 unspecified atom stereocenters. The molecule has 2 aromatic carbocycles. The molecule has 0 saturated carbocycles. The Kier molecular flexibility index (Phi) is 4.10. The van der Waals surface area contributed by atoms with Gasteiger partial charge < -0.3 is 10.6 Å². The first-order valence-corrected chi connectivity index (χ1v) is 7.99. The highest BCUT2D eigenvalue weighted by molar-refractivity contribution is 6.33. The Morgan fingerprint density at radius 3 is 2.60 bits per heavy atom.